The van der Waals surface area contributed by atoms with Crippen LogP contribution >= 0.6 is 0 Å². The minimum absolute atomic E-state index is 0.0544. The van der Waals surface area contributed by atoms with E-state index in [2.05, 4.69) is 13.8 Å². The number of piperidine rings is 1. The summed E-state index contributed by atoms with van der Waals surface area (Å²) in [5, 5.41) is 9.70. The second kappa shape index (κ2) is 6.80. The summed E-state index contributed by atoms with van der Waals surface area (Å²) in [5.41, 5.74) is -0.809. The zero-order valence-electron chi connectivity index (χ0n) is 13.4. The molecule has 1 N–H and O–H groups in total. The van der Waals surface area contributed by atoms with Crippen molar-refractivity contribution < 1.29 is 14.7 Å². The van der Waals surface area contributed by atoms with Crippen molar-refractivity contribution in [3.8, 4) is 0 Å². The average molecular weight is 295 g/mol. The van der Waals surface area contributed by atoms with Crippen LogP contribution in [0.1, 0.15) is 71.6 Å². The van der Waals surface area contributed by atoms with E-state index >= 15 is 0 Å². The Labute approximate surface area is 127 Å². The molecule has 4 heteroatoms. The number of amides is 1. The number of carbonyl (C=O) groups excluding carboxylic acids is 1. The van der Waals surface area contributed by atoms with Gasteiger partial charge in [-0.2, -0.15) is 0 Å². The first kappa shape index (κ1) is 16.3. The van der Waals surface area contributed by atoms with E-state index in [0.717, 1.165) is 45.1 Å². The molecule has 0 radical (unpaired) electrons. The summed E-state index contributed by atoms with van der Waals surface area (Å²) in [6, 6.07) is 0.248. The Kier molecular flexibility index (Phi) is 5.28. The van der Waals surface area contributed by atoms with Crippen LogP contribution in [0.15, 0.2) is 0 Å². The predicted octanol–water partition coefficient (Wildman–Crippen LogP) is 3.45. The van der Waals surface area contributed by atoms with Gasteiger partial charge in [0, 0.05) is 19.0 Å². The summed E-state index contributed by atoms with van der Waals surface area (Å²) in [6.45, 7) is 5.10. The van der Waals surface area contributed by atoms with Crippen LogP contribution in [0, 0.1) is 11.3 Å². The molecule has 2 rings (SSSR count). The van der Waals surface area contributed by atoms with Gasteiger partial charge in [0.05, 0.1) is 5.41 Å². The number of hydrogen-bond acceptors (Lipinski definition) is 2. The van der Waals surface area contributed by atoms with E-state index in [-0.39, 0.29) is 18.4 Å². The Morgan fingerprint density at radius 2 is 1.76 bits per heavy atom. The third-order valence-corrected chi connectivity index (χ3v) is 5.46. The highest BCUT2D eigenvalue weighted by Gasteiger charge is 2.42. The highest BCUT2D eigenvalue weighted by atomic mass is 16.4. The van der Waals surface area contributed by atoms with Crippen LogP contribution in [0.5, 0.6) is 0 Å². The number of carboxylic acids is 1. The maximum atomic E-state index is 12.7. The minimum atomic E-state index is -0.809. The van der Waals surface area contributed by atoms with Crippen LogP contribution in [0.25, 0.3) is 0 Å². The minimum Gasteiger partial charge on any atom is -0.481 e. The van der Waals surface area contributed by atoms with Crippen molar-refractivity contribution in [1.29, 1.82) is 0 Å². The zero-order valence-corrected chi connectivity index (χ0v) is 13.4. The first-order chi connectivity index (χ1) is 9.94. The molecule has 1 saturated carbocycles. The summed E-state index contributed by atoms with van der Waals surface area (Å²) < 4.78 is 0. The maximum absolute atomic E-state index is 12.7. The Hall–Kier alpha value is -1.06. The van der Waals surface area contributed by atoms with Gasteiger partial charge in [-0.3, -0.25) is 9.59 Å². The molecule has 0 spiro atoms. The molecule has 2 aliphatic rings. The Bertz CT molecular complexity index is 385. The van der Waals surface area contributed by atoms with Crippen LogP contribution in [-0.4, -0.2) is 34.5 Å². The molecule has 2 atom stereocenters. The van der Waals surface area contributed by atoms with Crippen molar-refractivity contribution in [2.75, 3.05) is 6.54 Å². The molecule has 21 heavy (non-hydrogen) atoms. The molecular formula is C17H29NO3. The van der Waals surface area contributed by atoms with Gasteiger partial charge in [-0.15, -0.1) is 0 Å². The maximum Gasteiger partial charge on any atom is 0.310 e. The van der Waals surface area contributed by atoms with Crippen molar-refractivity contribution in [3.05, 3.63) is 0 Å². The van der Waals surface area contributed by atoms with Gasteiger partial charge in [0.1, 0.15) is 0 Å². The van der Waals surface area contributed by atoms with Crippen molar-refractivity contribution in [3.63, 3.8) is 0 Å². The first-order valence-electron chi connectivity index (χ1n) is 8.47. The fourth-order valence-electron chi connectivity index (χ4n) is 4.04. The fraction of sp³-hybridized carbons (Fsp3) is 0.882. The van der Waals surface area contributed by atoms with E-state index < -0.39 is 11.4 Å². The summed E-state index contributed by atoms with van der Waals surface area (Å²) >= 11 is 0. The van der Waals surface area contributed by atoms with Crippen molar-refractivity contribution in [1.82, 2.24) is 4.90 Å². The van der Waals surface area contributed by atoms with E-state index in [1.54, 1.807) is 0 Å². The second-order valence-electron chi connectivity index (χ2n) is 7.24. The standard InChI is InChI=1S/C17H29NO3/c1-13-7-10-18(14(2)11-13)15(19)12-17(16(20)21)8-5-3-4-6-9-17/h13-14H,3-12H2,1-2H3,(H,20,21). The topological polar surface area (TPSA) is 57.6 Å². The SMILES string of the molecule is CC1CCN(C(=O)CC2(C(=O)O)CCCCCC2)C(C)C1. The highest BCUT2D eigenvalue weighted by molar-refractivity contribution is 5.85. The lowest BCUT2D eigenvalue weighted by molar-refractivity contribution is -0.155. The van der Waals surface area contributed by atoms with E-state index in [1.807, 2.05) is 4.90 Å². The van der Waals surface area contributed by atoms with Crippen LogP contribution in [0.4, 0.5) is 0 Å². The Morgan fingerprint density at radius 3 is 2.29 bits per heavy atom. The molecule has 0 aromatic rings. The van der Waals surface area contributed by atoms with Crippen molar-refractivity contribution in [2.24, 2.45) is 11.3 Å². The van der Waals surface area contributed by atoms with Gasteiger partial charge in [-0.25, -0.2) is 0 Å². The van der Waals surface area contributed by atoms with E-state index in [9.17, 15) is 14.7 Å². The van der Waals surface area contributed by atoms with Gasteiger partial charge in [0.15, 0.2) is 0 Å². The van der Waals surface area contributed by atoms with E-state index in [4.69, 9.17) is 0 Å². The van der Waals surface area contributed by atoms with Gasteiger partial charge in [-0.05, 0) is 38.5 Å². The number of aliphatic carboxylic acids is 1. The number of rotatable bonds is 3. The number of likely N-dealkylation sites (tertiary alicyclic amines) is 1. The molecule has 1 saturated heterocycles. The van der Waals surface area contributed by atoms with Crippen LogP contribution in [0.3, 0.4) is 0 Å². The molecule has 2 unspecified atom stereocenters. The molecule has 1 aliphatic heterocycles. The lowest BCUT2D eigenvalue weighted by Gasteiger charge is -2.38. The van der Waals surface area contributed by atoms with Crippen LogP contribution in [0.2, 0.25) is 0 Å². The number of hydrogen-bond donors (Lipinski definition) is 1. The number of nitrogens with zero attached hydrogens (tertiary/aromatic N) is 1. The summed E-state index contributed by atoms with van der Waals surface area (Å²) in [4.78, 5) is 26.4. The molecule has 1 aliphatic carbocycles. The molecule has 4 nitrogen and oxygen atoms in total. The highest BCUT2D eigenvalue weighted by Crippen LogP contribution is 2.39. The molecule has 120 valence electrons. The fourth-order valence-corrected chi connectivity index (χ4v) is 4.04. The molecule has 1 amide bonds. The van der Waals surface area contributed by atoms with Crippen molar-refractivity contribution in [2.45, 2.75) is 77.7 Å². The Balaban J connectivity index is 2.06. The molecule has 2 fully saturated rings. The summed E-state index contributed by atoms with van der Waals surface area (Å²) in [6.07, 6.45) is 7.66. The quantitative estimate of drug-likeness (QED) is 0.811. The molecule has 0 aromatic carbocycles. The van der Waals surface area contributed by atoms with Crippen LogP contribution in [-0.2, 0) is 9.59 Å². The Morgan fingerprint density at radius 1 is 1.14 bits per heavy atom. The largest absolute Gasteiger partial charge is 0.481 e. The lowest BCUT2D eigenvalue weighted by atomic mass is 9.76. The normalized spacial score (nSPS) is 29.7. The molecular weight excluding hydrogens is 266 g/mol. The van der Waals surface area contributed by atoms with Gasteiger partial charge >= 0.3 is 5.97 Å². The molecule has 0 aromatic heterocycles. The smallest absolute Gasteiger partial charge is 0.310 e. The number of carbonyl (C=O) groups is 2. The van der Waals surface area contributed by atoms with E-state index in [1.165, 1.54) is 0 Å². The third-order valence-electron chi connectivity index (χ3n) is 5.46. The van der Waals surface area contributed by atoms with E-state index in [0.29, 0.717) is 18.8 Å². The number of carboxylic acid groups (broad SMARTS) is 1. The van der Waals surface area contributed by atoms with Crippen LogP contribution < -0.4 is 0 Å². The van der Waals surface area contributed by atoms with Gasteiger partial charge in [0.2, 0.25) is 5.91 Å². The second-order valence-corrected chi connectivity index (χ2v) is 7.24. The molecule has 1 heterocycles. The van der Waals surface area contributed by atoms with Gasteiger partial charge < -0.3 is 10.0 Å². The zero-order chi connectivity index (χ0) is 15.5. The van der Waals surface area contributed by atoms with Gasteiger partial charge in [-0.1, -0.05) is 32.6 Å². The molecule has 0 bridgehead atoms. The first-order valence-corrected chi connectivity index (χ1v) is 8.47. The third kappa shape index (κ3) is 3.78. The lowest BCUT2D eigenvalue weighted by Crippen LogP contribution is -2.47. The predicted molar refractivity (Wildman–Crippen MR) is 82.0 cm³/mol. The monoisotopic (exact) mass is 295 g/mol. The summed E-state index contributed by atoms with van der Waals surface area (Å²) in [7, 11) is 0. The van der Waals surface area contributed by atoms with Crippen molar-refractivity contribution >= 4 is 11.9 Å². The van der Waals surface area contributed by atoms with Gasteiger partial charge in [0.25, 0.3) is 0 Å². The summed E-state index contributed by atoms with van der Waals surface area (Å²) in [5.74, 6) is -0.0511. The average Bonchev–Trinajstić information content (AvgIpc) is 2.65.